The normalized spacial score (nSPS) is 12.0. The quantitative estimate of drug-likeness (QED) is 0.694. The number of benzene rings is 1. The van der Waals surface area contributed by atoms with Crippen molar-refractivity contribution in [1.82, 2.24) is 25.3 Å². The van der Waals surface area contributed by atoms with E-state index in [4.69, 9.17) is 16.3 Å². The minimum atomic E-state index is -1.30. The van der Waals surface area contributed by atoms with E-state index in [9.17, 15) is 14.7 Å². The summed E-state index contributed by atoms with van der Waals surface area (Å²) in [5, 5.41) is 20.0. The van der Waals surface area contributed by atoms with Crippen LogP contribution in [0.25, 0.3) is 11.2 Å². The lowest BCUT2D eigenvalue weighted by Crippen LogP contribution is -2.34. The first-order valence-corrected chi connectivity index (χ1v) is 7.81. The zero-order valence-electron chi connectivity index (χ0n) is 13.8. The molecule has 26 heavy (non-hydrogen) atoms. The summed E-state index contributed by atoms with van der Waals surface area (Å²) < 4.78 is 6.47. The van der Waals surface area contributed by atoms with Gasteiger partial charge in [-0.1, -0.05) is 22.9 Å². The van der Waals surface area contributed by atoms with Crippen LogP contribution in [0.15, 0.2) is 30.5 Å². The molecule has 1 amide bonds. The minimum absolute atomic E-state index is 0.175. The molecule has 0 radical (unpaired) electrons. The second-order valence-electron chi connectivity index (χ2n) is 5.38. The third kappa shape index (κ3) is 3.16. The third-order valence-electron chi connectivity index (χ3n) is 3.77. The molecule has 1 atom stereocenters. The maximum Gasteiger partial charge on any atom is 0.330 e. The molecule has 0 bridgehead atoms. The first-order valence-electron chi connectivity index (χ1n) is 7.44. The number of carbonyl (C=O) groups excluding carboxylic acids is 1. The van der Waals surface area contributed by atoms with Gasteiger partial charge in [0.25, 0.3) is 5.91 Å². The Labute approximate surface area is 152 Å². The summed E-state index contributed by atoms with van der Waals surface area (Å²) in [6.45, 7) is 0. The molecule has 0 saturated heterocycles. The van der Waals surface area contributed by atoms with Gasteiger partial charge in [0, 0.05) is 13.2 Å². The number of nitrogens with one attached hydrogen (secondary N) is 1. The third-order valence-corrected chi connectivity index (χ3v) is 4.06. The van der Waals surface area contributed by atoms with Gasteiger partial charge in [-0.3, -0.25) is 4.79 Å². The second-order valence-corrected chi connectivity index (χ2v) is 5.79. The Balaban J connectivity index is 1.94. The van der Waals surface area contributed by atoms with E-state index < -0.39 is 17.9 Å². The lowest BCUT2D eigenvalue weighted by Gasteiger charge is -2.16. The van der Waals surface area contributed by atoms with E-state index in [0.717, 1.165) is 0 Å². The fourth-order valence-electron chi connectivity index (χ4n) is 2.47. The topological polar surface area (TPSA) is 119 Å². The summed E-state index contributed by atoms with van der Waals surface area (Å²) in [6, 6.07) is 4.64. The number of rotatable bonds is 5. The van der Waals surface area contributed by atoms with Crippen LogP contribution in [0.4, 0.5) is 0 Å². The van der Waals surface area contributed by atoms with Gasteiger partial charge in [-0.25, -0.2) is 14.5 Å². The number of halogens is 1. The van der Waals surface area contributed by atoms with Crippen LogP contribution >= 0.6 is 11.6 Å². The molecule has 0 saturated carbocycles. The van der Waals surface area contributed by atoms with Gasteiger partial charge in [-0.15, -0.1) is 5.10 Å². The molecular formula is C16H14ClN5O4. The number of nitrogens with zero attached hydrogens (tertiary/aromatic N) is 4. The van der Waals surface area contributed by atoms with Crippen molar-refractivity contribution in [2.45, 2.75) is 6.04 Å². The number of hydrogen-bond acceptors (Lipinski definition) is 6. The molecule has 134 valence electrons. The van der Waals surface area contributed by atoms with Crippen molar-refractivity contribution < 1.29 is 19.4 Å². The summed E-state index contributed by atoms with van der Waals surface area (Å²) in [7, 11) is 3.09. The average Bonchev–Trinajstić information content (AvgIpc) is 3.00. The van der Waals surface area contributed by atoms with Gasteiger partial charge in [0.15, 0.2) is 11.7 Å². The van der Waals surface area contributed by atoms with E-state index in [1.54, 1.807) is 7.05 Å². The molecule has 0 fully saturated rings. The number of pyridine rings is 1. The first kappa shape index (κ1) is 17.6. The summed E-state index contributed by atoms with van der Waals surface area (Å²) in [4.78, 5) is 28.4. The Kier molecular flexibility index (Phi) is 4.72. The molecule has 3 rings (SSSR count). The predicted molar refractivity (Wildman–Crippen MR) is 92.2 cm³/mol. The van der Waals surface area contributed by atoms with E-state index in [-0.39, 0.29) is 16.1 Å². The standard InChI is InChI=1S/C16H14ClN5O4/c1-22-14-13(20-21-22)9(5-6-18-14)15(23)19-12(16(24)25)8-3-4-11(26-2)10(17)7-8/h3-7,12H,1-2H3,(H,19,23)(H,24,25). The molecule has 1 unspecified atom stereocenters. The molecular weight excluding hydrogens is 362 g/mol. The maximum absolute atomic E-state index is 12.6. The van der Waals surface area contributed by atoms with Crippen molar-refractivity contribution in [3.05, 3.63) is 46.6 Å². The lowest BCUT2D eigenvalue weighted by molar-refractivity contribution is -0.139. The Morgan fingerprint density at radius 1 is 1.35 bits per heavy atom. The van der Waals surface area contributed by atoms with Crippen LogP contribution in [0.1, 0.15) is 22.0 Å². The lowest BCUT2D eigenvalue weighted by atomic mass is 10.1. The molecule has 2 N–H and O–H groups in total. The zero-order valence-corrected chi connectivity index (χ0v) is 14.6. The van der Waals surface area contributed by atoms with Crippen LogP contribution in [0.5, 0.6) is 5.75 Å². The van der Waals surface area contributed by atoms with E-state index in [2.05, 4.69) is 20.6 Å². The molecule has 10 heteroatoms. The molecule has 3 aromatic rings. The number of aryl methyl sites for hydroxylation is 1. The molecule has 9 nitrogen and oxygen atoms in total. The Morgan fingerprint density at radius 2 is 2.12 bits per heavy atom. The van der Waals surface area contributed by atoms with Gasteiger partial charge < -0.3 is 15.2 Å². The monoisotopic (exact) mass is 375 g/mol. The second kappa shape index (κ2) is 6.96. The van der Waals surface area contributed by atoms with Crippen molar-refractivity contribution in [2.24, 2.45) is 7.05 Å². The summed E-state index contributed by atoms with van der Waals surface area (Å²) in [5.74, 6) is -1.44. The number of carboxylic acids is 1. The minimum Gasteiger partial charge on any atom is -0.495 e. The van der Waals surface area contributed by atoms with E-state index in [1.165, 1.54) is 42.3 Å². The number of aromatic nitrogens is 4. The molecule has 0 aliphatic heterocycles. The van der Waals surface area contributed by atoms with Crippen molar-refractivity contribution >= 4 is 34.6 Å². The smallest absolute Gasteiger partial charge is 0.330 e. The zero-order chi connectivity index (χ0) is 18.8. The molecule has 0 aliphatic rings. The van der Waals surface area contributed by atoms with Gasteiger partial charge in [-0.2, -0.15) is 0 Å². The number of ether oxygens (including phenoxy) is 1. The summed E-state index contributed by atoms with van der Waals surface area (Å²) in [5.41, 5.74) is 1.18. The summed E-state index contributed by atoms with van der Waals surface area (Å²) >= 11 is 6.05. The van der Waals surface area contributed by atoms with Gasteiger partial charge in [-0.05, 0) is 23.8 Å². The SMILES string of the molecule is COc1ccc(C(NC(=O)c2ccnc3c2nnn3C)C(=O)O)cc1Cl. The number of aliphatic carboxylic acids is 1. The largest absolute Gasteiger partial charge is 0.495 e. The average molecular weight is 376 g/mol. The Bertz CT molecular complexity index is 1000. The van der Waals surface area contributed by atoms with Crippen LogP contribution in [-0.4, -0.2) is 44.1 Å². The van der Waals surface area contributed by atoms with Gasteiger partial charge in [0.05, 0.1) is 17.7 Å². The fourth-order valence-corrected chi connectivity index (χ4v) is 2.74. The Morgan fingerprint density at radius 3 is 2.77 bits per heavy atom. The van der Waals surface area contributed by atoms with Crippen LogP contribution in [-0.2, 0) is 11.8 Å². The number of hydrogen-bond donors (Lipinski definition) is 2. The van der Waals surface area contributed by atoms with Crippen molar-refractivity contribution in [3.63, 3.8) is 0 Å². The Hall–Kier alpha value is -3.20. The molecule has 0 spiro atoms. The van der Waals surface area contributed by atoms with Crippen molar-refractivity contribution in [1.29, 1.82) is 0 Å². The van der Waals surface area contributed by atoms with E-state index in [1.807, 2.05) is 0 Å². The van der Waals surface area contributed by atoms with Crippen LogP contribution in [0, 0.1) is 0 Å². The van der Waals surface area contributed by atoms with Crippen LogP contribution in [0.3, 0.4) is 0 Å². The summed E-state index contributed by atoms with van der Waals surface area (Å²) in [6.07, 6.45) is 1.43. The van der Waals surface area contributed by atoms with Gasteiger partial charge >= 0.3 is 5.97 Å². The highest BCUT2D eigenvalue weighted by Crippen LogP contribution is 2.28. The molecule has 0 aliphatic carbocycles. The molecule has 2 heterocycles. The number of methoxy groups -OCH3 is 1. The van der Waals surface area contributed by atoms with E-state index in [0.29, 0.717) is 17.0 Å². The highest BCUT2D eigenvalue weighted by atomic mass is 35.5. The van der Waals surface area contributed by atoms with Crippen molar-refractivity contribution in [2.75, 3.05) is 7.11 Å². The molecule has 1 aromatic carbocycles. The fraction of sp³-hybridized carbons (Fsp3) is 0.188. The number of amides is 1. The number of carbonyl (C=O) groups is 2. The number of fused-ring (bicyclic) bond motifs is 1. The van der Waals surface area contributed by atoms with Crippen molar-refractivity contribution in [3.8, 4) is 5.75 Å². The van der Waals surface area contributed by atoms with Gasteiger partial charge in [0.1, 0.15) is 11.3 Å². The predicted octanol–water partition coefficient (Wildman–Crippen LogP) is 1.58. The maximum atomic E-state index is 12.6. The molecule has 2 aromatic heterocycles. The van der Waals surface area contributed by atoms with Gasteiger partial charge in [0.2, 0.25) is 0 Å². The highest BCUT2D eigenvalue weighted by molar-refractivity contribution is 6.32. The highest BCUT2D eigenvalue weighted by Gasteiger charge is 2.25. The van der Waals surface area contributed by atoms with Crippen LogP contribution < -0.4 is 10.1 Å². The van der Waals surface area contributed by atoms with E-state index >= 15 is 0 Å². The first-order chi connectivity index (χ1) is 12.4. The number of carboxylic acid groups (broad SMARTS) is 1. The van der Waals surface area contributed by atoms with Crippen LogP contribution in [0.2, 0.25) is 5.02 Å².